The molecule has 7 heteroatoms. The van der Waals surface area contributed by atoms with Gasteiger partial charge in [-0.25, -0.2) is 0 Å². The monoisotopic (exact) mass is 321 g/mol. The maximum atomic E-state index is 12.6. The number of carbonyl (C=O) groups is 2. The Kier molecular flexibility index (Phi) is 5.57. The summed E-state index contributed by atoms with van der Waals surface area (Å²) in [5, 5.41) is 13.3. The van der Waals surface area contributed by atoms with E-state index in [1.807, 2.05) is 24.3 Å². The second kappa shape index (κ2) is 7.43. The summed E-state index contributed by atoms with van der Waals surface area (Å²) in [5.41, 5.74) is 4.50. The SMILES string of the molecule is COc1cccc(CN2CCCC(O)(CNCC(N)=O)C2=O)c1. The topological polar surface area (TPSA) is 105 Å². The fourth-order valence-electron chi connectivity index (χ4n) is 2.76. The summed E-state index contributed by atoms with van der Waals surface area (Å²) in [5.74, 6) is -0.126. The molecular formula is C16H23N3O4. The first-order valence-corrected chi connectivity index (χ1v) is 7.58. The molecule has 1 heterocycles. The molecule has 4 N–H and O–H groups in total. The van der Waals surface area contributed by atoms with Crippen LogP contribution in [-0.4, -0.2) is 54.2 Å². The number of rotatable bonds is 7. The van der Waals surface area contributed by atoms with Gasteiger partial charge >= 0.3 is 0 Å². The molecule has 1 aliphatic heterocycles. The molecule has 2 rings (SSSR count). The van der Waals surface area contributed by atoms with E-state index in [-0.39, 0.29) is 19.0 Å². The zero-order valence-corrected chi connectivity index (χ0v) is 13.2. The number of hydrogen-bond acceptors (Lipinski definition) is 5. The lowest BCUT2D eigenvalue weighted by Crippen LogP contribution is -2.58. The average Bonchev–Trinajstić information content (AvgIpc) is 2.52. The van der Waals surface area contributed by atoms with E-state index in [9.17, 15) is 14.7 Å². The largest absolute Gasteiger partial charge is 0.497 e. The Balaban J connectivity index is 2.02. The van der Waals surface area contributed by atoms with Crippen molar-refractivity contribution < 1.29 is 19.4 Å². The first-order valence-electron chi connectivity index (χ1n) is 7.58. The Morgan fingerprint density at radius 1 is 1.52 bits per heavy atom. The van der Waals surface area contributed by atoms with E-state index in [1.54, 1.807) is 12.0 Å². The van der Waals surface area contributed by atoms with Crippen molar-refractivity contribution in [2.24, 2.45) is 5.73 Å². The van der Waals surface area contributed by atoms with E-state index in [0.717, 1.165) is 11.3 Å². The lowest BCUT2D eigenvalue weighted by molar-refractivity contribution is -0.157. The summed E-state index contributed by atoms with van der Waals surface area (Å²) >= 11 is 0. The molecule has 1 aromatic rings. The zero-order chi connectivity index (χ0) is 16.9. The third-order valence-corrected chi connectivity index (χ3v) is 3.93. The normalized spacial score (nSPS) is 21.3. The smallest absolute Gasteiger partial charge is 0.256 e. The molecule has 1 aliphatic rings. The molecule has 1 fully saturated rings. The number of primary amides is 1. The highest BCUT2D eigenvalue weighted by atomic mass is 16.5. The number of likely N-dealkylation sites (tertiary alicyclic amines) is 1. The third-order valence-electron chi connectivity index (χ3n) is 3.93. The Labute approximate surface area is 135 Å². The van der Waals surface area contributed by atoms with Crippen LogP contribution in [0.2, 0.25) is 0 Å². The number of ether oxygens (including phenoxy) is 1. The number of methoxy groups -OCH3 is 1. The van der Waals surface area contributed by atoms with Gasteiger partial charge in [-0.3, -0.25) is 9.59 Å². The fourth-order valence-corrected chi connectivity index (χ4v) is 2.76. The van der Waals surface area contributed by atoms with Crippen LogP contribution in [0.5, 0.6) is 5.75 Å². The molecule has 0 aromatic heterocycles. The molecule has 23 heavy (non-hydrogen) atoms. The van der Waals surface area contributed by atoms with Gasteiger partial charge in [0.2, 0.25) is 5.91 Å². The van der Waals surface area contributed by atoms with Crippen LogP contribution in [0.25, 0.3) is 0 Å². The zero-order valence-electron chi connectivity index (χ0n) is 13.2. The van der Waals surface area contributed by atoms with Gasteiger partial charge in [0.1, 0.15) is 5.75 Å². The summed E-state index contributed by atoms with van der Waals surface area (Å²) in [6.07, 6.45) is 1.07. The lowest BCUT2D eigenvalue weighted by Gasteiger charge is -2.38. The molecule has 126 valence electrons. The predicted octanol–water partition coefficient (Wildman–Crippen LogP) is -0.376. The molecule has 1 unspecified atom stereocenters. The van der Waals surface area contributed by atoms with Crippen molar-refractivity contribution in [3.8, 4) is 5.75 Å². The minimum atomic E-state index is -1.49. The summed E-state index contributed by atoms with van der Waals surface area (Å²) in [4.78, 5) is 25.0. The summed E-state index contributed by atoms with van der Waals surface area (Å²) < 4.78 is 5.18. The number of nitrogens with zero attached hydrogens (tertiary/aromatic N) is 1. The van der Waals surface area contributed by atoms with Crippen LogP contribution in [0.1, 0.15) is 18.4 Å². The van der Waals surface area contributed by atoms with Gasteiger partial charge in [0.25, 0.3) is 5.91 Å². The number of nitrogens with two attached hydrogens (primary N) is 1. The van der Waals surface area contributed by atoms with Crippen LogP contribution < -0.4 is 15.8 Å². The van der Waals surface area contributed by atoms with Gasteiger partial charge in [-0.2, -0.15) is 0 Å². The Bertz CT molecular complexity index is 578. The van der Waals surface area contributed by atoms with E-state index < -0.39 is 11.5 Å². The number of carbonyl (C=O) groups excluding carboxylic acids is 2. The molecule has 0 spiro atoms. The minimum Gasteiger partial charge on any atom is -0.497 e. The quantitative estimate of drug-likeness (QED) is 0.635. The number of hydrogen-bond donors (Lipinski definition) is 3. The van der Waals surface area contributed by atoms with Gasteiger partial charge in [0.15, 0.2) is 5.60 Å². The van der Waals surface area contributed by atoms with Crippen molar-refractivity contribution in [1.29, 1.82) is 0 Å². The summed E-state index contributed by atoms with van der Waals surface area (Å²) in [6.45, 7) is 0.956. The van der Waals surface area contributed by atoms with Crippen LogP contribution in [0, 0.1) is 0 Å². The number of benzene rings is 1. The van der Waals surface area contributed by atoms with Crippen molar-refractivity contribution in [2.75, 3.05) is 26.7 Å². The van der Waals surface area contributed by atoms with Gasteiger partial charge in [0, 0.05) is 19.6 Å². The second-order valence-electron chi connectivity index (χ2n) is 5.78. The molecule has 7 nitrogen and oxygen atoms in total. The first-order chi connectivity index (χ1) is 10.9. The highest BCUT2D eigenvalue weighted by molar-refractivity contribution is 5.86. The molecule has 0 bridgehead atoms. The van der Waals surface area contributed by atoms with Gasteiger partial charge < -0.3 is 25.8 Å². The summed E-state index contributed by atoms with van der Waals surface area (Å²) in [7, 11) is 1.59. The maximum Gasteiger partial charge on any atom is 0.256 e. The van der Waals surface area contributed by atoms with Gasteiger partial charge in [-0.05, 0) is 30.5 Å². The van der Waals surface area contributed by atoms with Crippen LogP contribution in [-0.2, 0) is 16.1 Å². The Morgan fingerprint density at radius 2 is 2.30 bits per heavy atom. The van der Waals surface area contributed by atoms with Crippen LogP contribution in [0.15, 0.2) is 24.3 Å². The molecule has 0 aliphatic carbocycles. The van der Waals surface area contributed by atoms with Crippen LogP contribution in [0.3, 0.4) is 0 Å². The van der Waals surface area contributed by atoms with Crippen LogP contribution >= 0.6 is 0 Å². The third kappa shape index (κ3) is 4.43. The fraction of sp³-hybridized carbons (Fsp3) is 0.500. The minimum absolute atomic E-state index is 0.0172. The molecule has 1 saturated heterocycles. The highest BCUT2D eigenvalue weighted by Gasteiger charge is 2.41. The highest BCUT2D eigenvalue weighted by Crippen LogP contribution is 2.24. The van der Waals surface area contributed by atoms with E-state index in [4.69, 9.17) is 10.5 Å². The van der Waals surface area contributed by atoms with Crippen molar-refractivity contribution in [3.05, 3.63) is 29.8 Å². The predicted molar refractivity (Wildman–Crippen MR) is 84.7 cm³/mol. The van der Waals surface area contributed by atoms with Crippen molar-refractivity contribution in [2.45, 2.75) is 25.0 Å². The van der Waals surface area contributed by atoms with Gasteiger partial charge in [0.05, 0.1) is 13.7 Å². The summed E-state index contributed by atoms with van der Waals surface area (Å²) in [6, 6.07) is 7.48. The van der Waals surface area contributed by atoms with Crippen molar-refractivity contribution in [1.82, 2.24) is 10.2 Å². The van der Waals surface area contributed by atoms with Crippen molar-refractivity contribution >= 4 is 11.8 Å². The molecule has 1 aromatic carbocycles. The van der Waals surface area contributed by atoms with Crippen LogP contribution in [0.4, 0.5) is 0 Å². The van der Waals surface area contributed by atoms with E-state index in [1.165, 1.54) is 0 Å². The van der Waals surface area contributed by atoms with Crippen molar-refractivity contribution in [3.63, 3.8) is 0 Å². The van der Waals surface area contributed by atoms with E-state index >= 15 is 0 Å². The molecule has 0 radical (unpaired) electrons. The number of aliphatic hydroxyl groups is 1. The number of nitrogens with one attached hydrogen (secondary N) is 1. The second-order valence-corrected chi connectivity index (χ2v) is 5.78. The molecule has 0 saturated carbocycles. The van der Waals surface area contributed by atoms with E-state index in [0.29, 0.717) is 25.9 Å². The van der Waals surface area contributed by atoms with Gasteiger partial charge in [-0.1, -0.05) is 12.1 Å². The first kappa shape index (κ1) is 17.2. The molecule has 1 atom stereocenters. The molecular weight excluding hydrogens is 298 g/mol. The average molecular weight is 321 g/mol. The Hall–Kier alpha value is -2.12. The number of amides is 2. The standard InChI is InChI=1S/C16H23N3O4/c1-23-13-5-2-4-12(8-13)10-19-7-3-6-16(22,15(19)21)11-18-9-14(17)20/h2,4-5,8,18,22H,3,6-7,9-11H2,1H3,(H2,17,20). The Morgan fingerprint density at radius 3 is 3.00 bits per heavy atom. The van der Waals surface area contributed by atoms with Gasteiger partial charge in [-0.15, -0.1) is 0 Å². The maximum absolute atomic E-state index is 12.6. The lowest BCUT2D eigenvalue weighted by atomic mass is 9.91. The number of piperidine rings is 1. The molecule has 2 amide bonds. The van der Waals surface area contributed by atoms with E-state index in [2.05, 4.69) is 5.32 Å².